The van der Waals surface area contributed by atoms with Crippen molar-refractivity contribution in [1.29, 1.82) is 0 Å². The van der Waals surface area contributed by atoms with Crippen LogP contribution in [0.3, 0.4) is 0 Å². The Morgan fingerprint density at radius 1 is 0.857 bits per heavy atom. The molecule has 0 saturated heterocycles. The van der Waals surface area contributed by atoms with Gasteiger partial charge in [-0.15, -0.1) is 0 Å². The van der Waals surface area contributed by atoms with Gasteiger partial charge in [0.05, 0.1) is 21.3 Å². The average molecular weight is 403 g/mol. The highest BCUT2D eigenvalue weighted by molar-refractivity contribution is 7.80. The van der Waals surface area contributed by atoms with Crippen LogP contribution < -0.4 is 30.4 Å². The summed E-state index contributed by atoms with van der Waals surface area (Å²) >= 11 is 5.05. The third-order valence-electron chi connectivity index (χ3n) is 3.72. The minimum absolute atomic E-state index is 0.0697. The van der Waals surface area contributed by atoms with Crippen LogP contribution in [0.15, 0.2) is 36.4 Å². The molecule has 0 heterocycles. The smallest absolute Gasteiger partial charge is 0.269 e. The van der Waals surface area contributed by atoms with E-state index in [-0.39, 0.29) is 16.6 Å². The van der Waals surface area contributed by atoms with Gasteiger partial charge in [0.25, 0.3) is 11.8 Å². The van der Waals surface area contributed by atoms with Crippen molar-refractivity contribution in [1.82, 2.24) is 16.2 Å². The molecule has 0 radical (unpaired) electrons. The average Bonchev–Trinajstić information content (AvgIpc) is 2.70. The molecular weight excluding hydrogens is 382 g/mol. The Morgan fingerprint density at radius 3 is 2.04 bits per heavy atom. The van der Waals surface area contributed by atoms with Crippen LogP contribution in [0.4, 0.5) is 0 Å². The van der Waals surface area contributed by atoms with Gasteiger partial charge in [-0.1, -0.05) is 17.7 Å². The van der Waals surface area contributed by atoms with Gasteiger partial charge >= 0.3 is 0 Å². The maximum absolute atomic E-state index is 12.4. The first-order chi connectivity index (χ1) is 13.4. The summed E-state index contributed by atoms with van der Waals surface area (Å²) in [5.41, 5.74) is 6.58. The summed E-state index contributed by atoms with van der Waals surface area (Å²) in [6.45, 7) is 1.88. The molecule has 0 aliphatic carbocycles. The van der Waals surface area contributed by atoms with E-state index in [4.69, 9.17) is 26.4 Å². The first-order valence-corrected chi connectivity index (χ1v) is 8.58. The lowest BCUT2D eigenvalue weighted by Gasteiger charge is -2.15. The van der Waals surface area contributed by atoms with Gasteiger partial charge in [0.15, 0.2) is 16.6 Å². The zero-order chi connectivity index (χ0) is 20.7. The normalized spacial score (nSPS) is 9.86. The number of methoxy groups -OCH3 is 3. The molecule has 0 spiro atoms. The Morgan fingerprint density at radius 2 is 1.50 bits per heavy atom. The zero-order valence-corrected chi connectivity index (χ0v) is 16.7. The number of hydrazine groups is 1. The first kappa shape index (κ1) is 21.0. The second-order valence-electron chi connectivity index (χ2n) is 5.65. The lowest BCUT2D eigenvalue weighted by molar-refractivity contribution is 0.0934. The lowest BCUT2D eigenvalue weighted by atomic mass is 10.1. The van der Waals surface area contributed by atoms with Crippen molar-refractivity contribution in [2.45, 2.75) is 6.92 Å². The monoisotopic (exact) mass is 403 g/mol. The number of carbonyl (C=O) groups excluding carboxylic acids is 2. The van der Waals surface area contributed by atoms with Crippen molar-refractivity contribution in [3.05, 3.63) is 53.1 Å². The van der Waals surface area contributed by atoms with Gasteiger partial charge in [-0.05, 0) is 43.4 Å². The van der Waals surface area contributed by atoms with E-state index in [0.717, 1.165) is 5.56 Å². The number of aryl methyl sites for hydroxylation is 1. The summed E-state index contributed by atoms with van der Waals surface area (Å²) in [5, 5.41) is 2.40. The highest BCUT2D eigenvalue weighted by Crippen LogP contribution is 2.38. The van der Waals surface area contributed by atoms with Gasteiger partial charge in [0, 0.05) is 11.1 Å². The predicted molar refractivity (Wildman–Crippen MR) is 108 cm³/mol. The van der Waals surface area contributed by atoms with Gasteiger partial charge in [-0.3, -0.25) is 25.8 Å². The van der Waals surface area contributed by atoms with Crippen LogP contribution in [-0.2, 0) is 0 Å². The predicted octanol–water partition coefficient (Wildman–Crippen LogP) is 1.97. The second-order valence-corrected chi connectivity index (χ2v) is 6.05. The van der Waals surface area contributed by atoms with E-state index in [0.29, 0.717) is 22.8 Å². The number of carbonyl (C=O) groups is 2. The Bertz CT molecular complexity index is 876. The number of rotatable bonds is 5. The molecule has 2 aromatic carbocycles. The molecule has 0 atom stereocenters. The minimum atomic E-state index is -0.512. The largest absolute Gasteiger partial charge is 0.493 e. The Labute approximate surface area is 168 Å². The molecule has 8 nitrogen and oxygen atoms in total. The van der Waals surface area contributed by atoms with Gasteiger partial charge in [-0.25, -0.2) is 0 Å². The second kappa shape index (κ2) is 9.56. The van der Waals surface area contributed by atoms with Crippen molar-refractivity contribution in [3.8, 4) is 17.2 Å². The summed E-state index contributed by atoms with van der Waals surface area (Å²) in [4.78, 5) is 24.5. The molecule has 148 valence electrons. The minimum Gasteiger partial charge on any atom is -0.493 e. The third-order valence-corrected chi connectivity index (χ3v) is 3.93. The lowest BCUT2D eigenvalue weighted by Crippen LogP contribution is -2.48. The maximum Gasteiger partial charge on any atom is 0.269 e. The SMILES string of the molecule is COc1cc(C(=O)NC(=S)NNC(=O)c2cccc(C)c2)cc(OC)c1OC. The van der Waals surface area contributed by atoms with E-state index in [1.807, 2.05) is 13.0 Å². The van der Waals surface area contributed by atoms with Crippen LogP contribution in [0.5, 0.6) is 17.2 Å². The van der Waals surface area contributed by atoms with Crippen LogP contribution in [0.1, 0.15) is 26.3 Å². The number of hydrogen-bond donors (Lipinski definition) is 3. The molecule has 2 aromatic rings. The maximum atomic E-state index is 12.4. The molecule has 0 saturated carbocycles. The fourth-order valence-corrected chi connectivity index (χ4v) is 2.53. The fraction of sp³-hybridized carbons (Fsp3) is 0.211. The van der Waals surface area contributed by atoms with Crippen molar-refractivity contribution in [3.63, 3.8) is 0 Å². The van der Waals surface area contributed by atoms with Crippen molar-refractivity contribution < 1.29 is 23.8 Å². The van der Waals surface area contributed by atoms with Gasteiger partial charge in [0.2, 0.25) is 5.75 Å². The van der Waals surface area contributed by atoms with E-state index < -0.39 is 5.91 Å². The van der Waals surface area contributed by atoms with E-state index >= 15 is 0 Å². The molecule has 0 unspecified atom stereocenters. The van der Waals surface area contributed by atoms with E-state index in [1.54, 1.807) is 18.2 Å². The summed E-state index contributed by atoms with van der Waals surface area (Å²) in [6.07, 6.45) is 0. The van der Waals surface area contributed by atoms with E-state index in [9.17, 15) is 9.59 Å². The molecule has 28 heavy (non-hydrogen) atoms. The van der Waals surface area contributed by atoms with E-state index in [2.05, 4.69) is 16.2 Å². The molecule has 0 aliphatic rings. The molecule has 3 N–H and O–H groups in total. The highest BCUT2D eigenvalue weighted by Gasteiger charge is 2.17. The van der Waals surface area contributed by atoms with Crippen molar-refractivity contribution in [2.75, 3.05) is 21.3 Å². The molecule has 0 aromatic heterocycles. The van der Waals surface area contributed by atoms with Gasteiger partial charge in [0.1, 0.15) is 0 Å². The molecule has 2 rings (SSSR count). The number of ether oxygens (including phenoxy) is 3. The van der Waals surface area contributed by atoms with Gasteiger partial charge < -0.3 is 14.2 Å². The number of thiocarbonyl (C=S) groups is 1. The summed E-state index contributed by atoms with van der Waals surface area (Å²) in [5.74, 6) is 0.138. The van der Waals surface area contributed by atoms with E-state index in [1.165, 1.54) is 33.5 Å². The number of benzene rings is 2. The van der Waals surface area contributed by atoms with Crippen LogP contribution in [0.25, 0.3) is 0 Å². The van der Waals surface area contributed by atoms with Crippen LogP contribution >= 0.6 is 12.2 Å². The topological polar surface area (TPSA) is 97.9 Å². The van der Waals surface area contributed by atoms with Crippen molar-refractivity contribution in [2.24, 2.45) is 0 Å². The molecule has 0 fully saturated rings. The number of hydrogen-bond acceptors (Lipinski definition) is 6. The molecular formula is C19H21N3O5S. The zero-order valence-electron chi connectivity index (χ0n) is 15.9. The quantitative estimate of drug-likeness (QED) is 0.519. The number of amides is 2. The highest BCUT2D eigenvalue weighted by atomic mass is 32.1. The number of nitrogens with one attached hydrogen (secondary N) is 3. The van der Waals surface area contributed by atoms with Crippen LogP contribution in [0, 0.1) is 6.92 Å². The van der Waals surface area contributed by atoms with Gasteiger partial charge in [-0.2, -0.15) is 0 Å². The Kier molecular flexibility index (Phi) is 7.16. The Hall–Kier alpha value is -3.33. The van der Waals surface area contributed by atoms with Crippen molar-refractivity contribution >= 4 is 29.1 Å². The summed E-state index contributed by atoms with van der Waals surface area (Å²) in [7, 11) is 4.37. The third kappa shape index (κ3) is 5.10. The molecule has 0 bridgehead atoms. The van der Waals surface area contributed by atoms with Crippen LogP contribution in [0.2, 0.25) is 0 Å². The van der Waals surface area contributed by atoms with Crippen LogP contribution in [-0.4, -0.2) is 38.3 Å². The first-order valence-electron chi connectivity index (χ1n) is 8.18. The molecule has 0 aliphatic heterocycles. The summed E-state index contributed by atoms with van der Waals surface area (Å²) in [6, 6.07) is 10.0. The molecule has 9 heteroatoms. The molecule has 2 amide bonds. The Balaban J connectivity index is 2.02. The summed E-state index contributed by atoms with van der Waals surface area (Å²) < 4.78 is 15.7. The standard InChI is InChI=1S/C19H21N3O5S/c1-11-6-5-7-12(8-11)18(24)21-22-19(28)20-17(23)13-9-14(25-2)16(27-4)15(10-13)26-3/h5-10H,1-4H3,(H,21,24)(H2,20,22,23,28). The fourth-order valence-electron chi connectivity index (χ4n) is 2.39.